The van der Waals surface area contributed by atoms with Crippen LogP contribution >= 0.6 is 0 Å². The standard InChI is InChI=1S/C31H44N2O7/c1-30(2,3)24-15-26(34)39-19-31(4,5)13-8-7-10-20-11-9-12-21-16-32(18-23(20)21)29(37)40-22-14-25(28(36)38-6)33(17-22)27(24)35/h9,11-12,22,24-25H,7-8,10,13-19H2,1-6H3/t22-,24-,25+/m1/s1. The summed E-state index contributed by atoms with van der Waals surface area (Å²) in [4.78, 5) is 56.0. The van der Waals surface area contributed by atoms with Gasteiger partial charge in [-0.3, -0.25) is 14.5 Å². The Labute approximate surface area is 237 Å². The number of aryl methyl sites for hydroxylation is 1. The molecule has 0 spiro atoms. The third kappa shape index (κ3) is 6.78. The number of esters is 2. The average molecular weight is 557 g/mol. The Morgan fingerprint density at radius 1 is 1.07 bits per heavy atom. The lowest BCUT2D eigenvalue weighted by Gasteiger charge is -2.34. The maximum Gasteiger partial charge on any atom is 0.410 e. The summed E-state index contributed by atoms with van der Waals surface area (Å²) in [5.74, 6) is -2.07. The second kappa shape index (κ2) is 11.8. The molecular weight excluding hydrogens is 512 g/mol. The van der Waals surface area contributed by atoms with Gasteiger partial charge in [0, 0.05) is 19.5 Å². The summed E-state index contributed by atoms with van der Waals surface area (Å²) >= 11 is 0. The highest BCUT2D eigenvalue weighted by Crippen LogP contribution is 2.35. The number of ether oxygens (including phenoxy) is 3. The van der Waals surface area contributed by atoms with Crippen molar-refractivity contribution in [1.29, 1.82) is 0 Å². The van der Waals surface area contributed by atoms with Crippen molar-refractivity contribution in [2.45, 2.75) is 98.4 Å². The molecule has 1 saturated heterocycles. The normalized spacial score (nSPS) is 26.2. The Morgan fingerprint density at radius 3 is 2.50 bits per heavy atom. The Hall–Kier alpha value is -3.10. The molecule has 4 bridgehead atoms. The van der Waals surface area contributed by atoms with Crippen molar-refractivity contribution < 1.29 is 33.4 Å². The van der Waals surface area contributed by atoms with Gasteiger partial charge >= 0.3 is 18.0 Å². The van der Waals surface area contributed by atoms with Crippen LogP contribution in [-0.4, -0.2) is 66.1 Å². The van der Waals surface area contributed by atoms with Crippen molar-refractivity contribution in [3.63, 3.8) is 0 Å². The van der Waals surface area contributed by atoms with Crippen molar-refractivity contribution in [2.24, 2.45) is 16.7 Å². The Bertz CT molecular complexity index is 1140. The molecule has 0 aliphatic carbocycles. The number of hydrogen-bond donors (Lipinski definition) is 0. The molecule has 0 unspecified atom stereocenters. The smallest absolute Gasteiger partial charge is 0.410 e. The van der Waals surface area contributed by atoms with E-state index < -0.39 is 41.5 Å². The fourth-order valence-corrected chi connectivity index (χ4v) is 6.01. The van der Waals surface area contributed by atoms with Crippen LogP contribution in [0, 0.1) is 16.7 Å². The molecule has 1 fully saturated rings. The molecule has 9 heteroatoms. The number of benzene rings is 1. The van der Waals surface area contributed by atoms with E-state index in [1.807, 2.05) is 26.8 Å². The van der Waals surface area contributed by atoms with E-state index in [2.05, 4.69) is 26.0 Å². The van der Waals surface area contributed by atoms with E-state index in [-0.39, 0.29) is 37.3 Å². The Kier molecular flexibility index (Phi) is 8.80. The largest absolute Gasteiger partial charge is 0.467 e. The van der Waals surface area contributed by atoms with Gasteiger partial charge in [0.25, 0.3) is 0 Å². The number of amides is 2. The van der Waals surface area contributed by atoms with E-state index in [0.29, 0.717) is 13.1 Å². The van der Waals surface area contributed by atoms with Crippen molar-refractivity contribution in [2.75, 3.05) is 20.3 Å². The zero-order valence-electron chi connectivity index (χ0n) is 24.8. The lowest BCUT2D eigenvalue weighted by Crippen LogP contribution is -2.47. The zero-order valence-corrected chi connectivity index (χ0v) is 24.8. The summed E-state index contributed by atoms with van der Waals surface area (Å²) in [5.41, 5.74) is 2.76. The van der Waals surface area contributed by atoms with E-state index in [4.69, 9.17) is 14.2 Å². The number of carbonyl (C=O) groups is 4. The number of nitrogens with zero attached hydrogens (tertiary/aromatic N) is 2. The van der Waals surface area contributed by atoms with Gasteiger partial charge in [0.2, 0.25) is 5.91 Å². The topological polar surface area (TPSA) is 102 Å². The van der Waals surface area contributed by atoms with Gasteiger partial charge in [-0.05, 0) is 46.8 Å². The molecule has 9 nitrogen and oxygen atoms in total. The lowest BCUT2D eigenvalue weighted by molar-refractivity contribution is -0.157. The number of methoxy groups -OCH3 is 1. The molecule has 3 heterocycles. The summed E-state index contributed by atoms with van der Waals surface area (Å²) in [6.45, 7) is 11.2. The first-order valence-corrected chi connectivity index (χ1v) is 14.4. The number of carbonyl (C=O) groups excluding carboxylic acids is 4. The van der Waals surface area contributed by atoms with Crippen molar-refractivity contribution >= 4 is 23.9 Å². The lowest BCUT2D eigenvalue weighted by atomic mass is 9.77. The van der Waals surface area contributed by atoms with Crippen LogP contribution in [0.4, 0.5) is 4.79 Å². The summed E-state index contributed by atoms with van der Waals surface area (Å²) in [5, 5.41) is 0. The van der Waals surface area contributed by atoms with Crippen molar-refractivity contribution in [3.8, 4) is 0 Å². The van der Waals surface area contributed by atoms with Gasteiger partial charge in [-0.1, -0.05) is 59.2 Å². The van der Waals surface area contributed by atoms with Crippen LogP contribution in [0.5, 0.6) is 0 Å². The molecular formula is C31H44N2O7. The van der Waals surface area contributed by atoms with Gasteiger partial charge in [0.1, 0.15) is 12.1 Å². The summed E-state index contributed by atoms with van der Waals surface area (Å²) in [6, 6.07) is 5.32. The third-order valence-corrected chi connectivity index (χ3v) is 8.51. The van der Waals surface area contributed by atoms with Gasteiger partial charge in [-0.15, -0.1) is 0 Å². The maximum atomic E-state index is 13.9. The molecule has 3 aliphatic heterocycles. The second-order valence-corrected chi connectivity index (χ2v) is 13.3. The SMILES string of the molecule is COC(=O)[C@@H]1C[C@@H]2CN1C(=O)[C@H](C(C)(C)C)CC(=O)OCC(C)(C)CCCCc1cccc3c1CN(C3)C(=O)O2. The van der Waals surface area contributed by atoms with Crippen LogP contribution in [0.25, 0.3) is 0 Å². The molecule has 220 valence electrons. The molecule has 3 aliphatic rings. The van der Waals surface area contributed by atoms with E-state index in [1.165, 1.54) is 23.1 Å². The zero-order chi connectivity index (χ0) is 29.2. The summed E-state index contributed by atoms with van der Waals surface area (Å²) in [6.07, 6.45) is 2.70. The number of rotatable bonds is 1. The molecule has 0 N–H and O–H groups in total. The molecule has 1 aromatic carbocycles. The average Bonchev–Trinajstić information content (AvgIpc) is 3.52. The third-order valence-electron chi connectivity index (χ3n) is 8.51. The van der Waals surface area contributed by atoms with Crippen LogP contribution in [0.15, 0.2) is 18.2 Å². The van der Waals surface area contributed by atoms with E-state index >= 15 is 0 Å². The van der Waals surface area contributed by atoms with E-state index in [1.54, 1.807) is 4.90 Å². The van der Waals surface area contributed by atoms with Gasteiger partial charge in [-0.25, -0.2) is 9.59 Å². The summed E-state index contributed by atoms with van der Waals surface area (Å²) in [7, 11) is 1.27. The van der Waals surface area contributed by atoms with Gasteiger partial charge in [0.15, 0.2) is 0 Å². The fraction of sp³-hybridized carbons (Fsp3) is 0.677. The maximum absolute atomic E-state index is 13.9. The highest BCUT2D eigenvalue weighted by Gasteiger charge is 2.47. The van der Waals surface area contributed by atoms with E-state index in [0.717, 1.165) is 31.2 Å². The summed E-state index contributed by atoms with van der Waals surface area (Å²) < 4.78 is 16.6. The van der Waals surface area contributed by atoms with Crippen molar-refractivity contribution in [1.82, 2.24) is 9.80 Å². The monoisotopic (exact) mass is 556 g/mol. The predicted molar refractivity (Wildman–Crippen MR) is 148 cm³/mol. The quantitative estimate of drug-likeness (QED) is 0.367. The Balaban J connectivity index is 1.62. The molecule has 0 aromatic heterocycles. The highest BCUT2D eigenvalue weighted by molar-refractivity contribution is 5.89. The van der Waals surface area contributed by atoms with Gasteiger partial charge < -0.3 is 19.1 Å². The van der Waals surface area contributed by atoms with E-state index in [9.17, 15) is 19.2 Å². The van der Waals surface area contributed by atoms with Gasteiger partial charge in [-0.2, -0.15) is 0 Å². The number of cyclic esters (lactones) is 1. The van der Waals surface area contributed by atoms with Crippen molar-refractivity contribution in [3.05, 3.63) is 34.9 Å². The van der Waals surface area contributed by atoms with Gasteiger partial charge in [0.05, 0.1) is 32.6 Å². The Morgan fingerprint density at radius 2 is 1.80 bits per heavy atom. The number of hydrogen-bond acceptors (Lipinski definition) is 7. The molecule has 4 rings (SSSR count). The highest BCUT2D eigenvalue weighted by atomic mass is 16.6. The molecule has 1 aromatic rings. The van der Waals surface area contributed by atoms with Crippen LogP contribution in [-0.2, 0) is 48.1 Å². The minimum atomic E-state index is -0.897. The first kappa shape index (κ1) is 29.9. The number of fused-ring (bicyclic) bond motifs is 3. The fourth-order valence-electron chi connectivity index (χ4n) is 6.01. The predicted octanol–water partition coefficient (Wildman–Crippen LogP) is 4.63. The van der Waals surface area contributed by atoms with Crippen LogP contribution < -0.4 is 0 Å². The second-order valence-electron chi connectivity index (χ2n) is 13.3. The minimum absolute atomic E-state index is 0.0606. The minimum Gasteiger partial charge on any atom is -0.467 e. The molecule has 0 saturated carbocycles. The molecule has 3 atom stereocenters. The first-order valence-electron chi connectivity index (χ1n) is 14.4. The van der Waals surface area contributed by atoms with Crippen LogP contribution in [0.3, 0.4) is 0 Å². The first-order chi connectivity index (χ1) is 18.8. The van der Waals surface area contributed by atoms with Crippen LogP contribution in [0.2, 0.25) is 0 Å². The van der Waals surface area contributed by atoms with Crippen LogP contribution in [0.1, 0.15) is 83.4 Å². The molecule has 0 radical (unpaired) electrons. The molecule has 40 heavy (non-hydrogen) atoms. The molecule has 2 amide bonds.